The summed E-state index contributed by atoms with van der Waals surface area (Å²) in [6.45, 7) is -2.69. The molecule has 3 nitrogen and oxygen atoms in total. The normalized spacial score (nSPS) is 28.2. The van der Waals surface area contributed by atoms with Crippen LogP contribution in [-0.4, -0.2) is 1.12 Å². The highest BCUT2D eigenvalue weighted by molar-refractivity contribution is 14.2. The Morgan fingerprint density at radius 3 is 2.44 bits per heavy atom. The smallest absolute Gasteiger partial charge is 0.258 e. The minimum absolute atomic E-state index is 0. The van der Waals surface area contributed by atoms with Gasteiger partial charge in [0.1, 0.15) is 0 Å². The number of hydrogen-bond donors (Lipinski definition) is 2. The van der Waals surface area contributed by atoms with E-state index in [1.54, 1.807) is 0 Å². The third-order valence-corrected chi connectivity index (χ3v) is 17.0. The lowest BCUT2D eigenvalue weighted by Crippen LogP contribution is -1.76. The standard InChI is InChI=1S/2CH4.H2I2NO2PS.17H2/c;;1-6(5)7(3)2-4;;;;;;;;;;;;;;;;;/h2*1H4;3,7H;17*1H/i;;7T;12*1+1D;5*1+1. The van der Waals surface area contributed by atoms with Crippen molar-refractivity contribution in [2.45, 2.75) is 14.9 Å². The summed E-state index contributed by atoms with van der Waals surface area (Å²) in [5, 5.41) is 0. The van der Waals surface area contributed by atoms with E-state index in [0.717, 1.165) is 0 Å². The van der Waals surface area contributed by atoms with Crippen molar-refractivity contribution in [3.05, 3.63) is 0 Å². The van der Waals surface area contributed by atoms with Crippen LogP contribution in [0, 0.1) is 4.78 Å². The van der Waals surface area contributed by atoms with Crippen LogP contribution in [0.4, 0.5) is 0 Å². The molecule has 2 atom stereocenters. The van der Waals surface area contributed by atoms with Crippen LogP contribution in [0.5, 0.6) is 0 Å². The van der Waals surface area contributed by atoms with Gasteiger partial charge in [-0.25, -0.2) is 4.78 Å². The summed E-state index contributed by atoms with van der Waals surface area (Å²) < 4.78 is 142. The summed E-state index contributed by atoms with van der Waals surface area (Å²) in [4.78, 5) is 10.3. The van der Waals surface area contributed by atoms with E-state index in [0.29, 0.717) is 0 Å². The largest absolute Gasteiger partial charge is 0.616 e. The average Bonchev–Trinajstić information content (AvgIpc) is 2.97. The van der Waals surface area contributed by atoms with Gasteiger partial charge in [0.25, 0.3) is 19.8 Å². The molecule has 0 aliphatic rings. The van der Waals surface area contributed by atoms with E-state index in [1.165, 1.54) is 22.0 Å². The van der Waals surface area contributed by atoms with E-state index in [4.69, 9.17) is 41.5 Å². The second kappa shape index (κ2) is 9.67. The summed E-state index contributed by atoms with van der Waals surface area (Å²) in [6.07, 6.45) is 0. The molecule has 0 aromatic rings. The Bertz CT molecular complexity index is 235. The first-order valence-corrected chi connectivity index (χ1v) is 10.3. The maximum Gasteiger partial charge on any atom is 0.258 e. The maximum absolute atomic E-state index is 10.3. The molecule has 0 aliphatic heterocycles. The second-order valence-electron chi connectivity index (χ2n) is 0.513. The Morgan fingerprint density at radius 1 is 2.11 bits per heavy atom. The molecule has 0 fully saturated rings. The third-order valence-electron chi connectivity index (χ3n) is 0.186. The molecule has 0 radical (unpaired) electrons. The summed E-state index contributed by atoms with van der Waals surface area (Å²) in [7, 11) is 0. The molecule has 0 amide bonds. The molecule has 94 valence electrons. The van der Waals surface area contributed by atoms with Gasteiger partial charge in [-0.1, -0.05) is 14.9 Å². The first kappa shape index (κ1) is 2.34. The zero-order valence-electron chi connectivity index (χ0n) is 27.9. The van der Waals surface area contributed by atoms with Crippen molar-refractivity contribution in [1.29, 1.82) is 5.90 Å². The van der Waals surface area contributed by atoms with Crippen LogP contribution >= 0.6 is 46.4 Å². The van der Waals surface area contributed by atoms with Gasteiger partial charge >= 0.3 is 0 Å². The molecular weight excluding hydrogens is 387 g/mol. The lowest BCUT2D eigenvalue weighted by atomic mass is 12.0. The van der Waals surface area contributed by atoms with Crippen LogP contribution in [0.2, 0.25) is 0 Å². The van der Waals surface area contributed by atoms with Crippen LogP contribution in [0.3, 0.4) is 0 Å². The van der Waals surface area contributed by atoms with Crippen molar-refractivity contribution in [3.63, 3.8) is 0 Å². The van der Waals surface area contributed by atoms with Crippen molar-refractivity contribution in [2.75, 3.05) is 0 Å². The van der Waals surface area contributed by atoms with Gasteiger partial charge in [-0.2, -0.15) is 0 Å². The summed E-state index contributed by atoms with van der Waals surface area (Å²) in [5.41, 5.74) is 0. The highest BCUT2D eigenvalue weighted by atomic mass is 127. The quantitative estimate of drug-likeness (QED) is 0.256. The molecule has 0 heterocycles. The lowest BCUT2D eigenvalue weighted by molar-refractivity contribution is -0.144. The fraction of sp³-hybridized carbons (Fsp3) is 1.00. The fourth-order valence-corrected chi connectivity index (χ4v) is 5.01. The van der Waals surface area contributed by atoms with E-state index in [9.17, 15) is 7.96 Å². The maximum atomic E-state index is 10.3. The van der Waals surface area contributed by atoms with Crippen molar-refractivity contribution < 1.29 is 50.7 Å². The van der Waals surface area contributed by atoms with Crippen LogP contribution in [0.1, 0.15) is 57.6 Å². The van der Waals surface area contributed by atoms with Gasteiger partial charge in [-0.15, -0.1) is 0 Å². The third kappa shape index (κ3) is 9.67. The minimum Gasteiger partial charge on any atom is -0.616 e. The Kier molecular flexibility index (Phi) is 2.51. The molecule has 0 spiro atoms. The van der Waals surface area contributed by atoms with Crippen molar-refractivity contribution in [2.24, 2.45) is 0 Å². The summed E-state index contributed by atoms with van der Waals surface area (Å²) in [6, 6.07) is 0. The molecule has 0 aromatic heterocycles. The molecular formula is C2H44I2NO2PS. The monoisotopic (exact) mass is 462 g/mol. The van der Waals surface area contributed by atoms with Crippen LogP contribution in [0.15, 0.2) is 0 Å². The molecule has 2 unspecified atom stereocenters. The predicted octanol–water partition coefficient (Wildman–Crippen LogP) is 6.81. The molecule has 7 heteroatoms. The van der Waals surface area contributed by atoms with Gasteiger partial charge in [0.15, 0.2) is 5.69 Å². The van der Waals surface area contributed by atoms with Crippen molar-refractivity contribution >= 4 is 53.4 Å². The molecule has 0 bridgehead atoms. The molecule has 0 aliphatic carbocycles. The van der Waals surface area contributed by atoms with Gasteiger partial charge in [0, 0.05) is 42.8 Å². The molecule has 0 rings (SSSR count). The van der Waals surface area contributed by atoms with E-state index in [-0.39, 0.29) is 22.0 Å². The number of hydrogen-bond acceptors (Lipinski definition) is 3. The number of halogens is 2. The number of nitrogens with one attached hydrogen (secondary N) is 1. The zero-order chi connectivity index (χ0) is 30.8. The highest BCUT2D eigenvalue weighted by Gasteiger charge is 1.85. The van der Waals surface area contributed by atoms with Crippen LogP contribution in [-0.2, 0) is 10.0 Å². The minimum atomic E-state index is -2.69. The Hall–Kier alpha value is 1.67. The Morgan fingerprint density at radius 2 is 2.44 bits per heavy atom. The first-order valence-electron chi connectivity index (χ1n) is 13.5. The van der Waals surface area contributed by atoms with Gasteiger partial charge in [0.2, 0.25) is 22.0 Å². The molecule has 0 saturated heterocycles. The van der Waals surface area contributed by atoms with E-state index < -0.39 is 31.3 Å². The number of thiol groups is 1. The second-order valence-corrected chi connectivity index (χ2v) is 14.0. The van der Waals surface area contributed by atoms with E-state index >= 15 is 0 Å². The van der Waals surface area contributed by atoms with Crippen LogP contribution in [0.25, 0.3) is 0 Å². The SMILES string of the molecule is C.C.[2HH].[2HH].[2HH].[2HH].[2HH].[2H][2H].[2H][2H].[2H][2H].[2H][2H].[2H][2H].[2H][2H].[2H][2H].[2H][2H].[2H][2H].[2H][2H].[2H][2H].[2H][2H].[3H]S(=N)(I=O)=[P+]([O-])I. The van der Waals surface area contributed by atoms with E-state index in [1.807, 2.05) is 0 Å². The van der Waals surface area contributed by atoms with Crippen molar-refractivity contribution in [1.82, 2.24) is 0 Å². The fourth-order valence-electron chi connectivity index (χ4n) is 0.0221. The predicted molar refractivity (Wildman–Crippen MR) is 96.5 cm³/mol. The van der Waals surface area contributed by atoms with Gasteiger partial charge in [-0.05, 0) is 0 Å². The summed E-state index contributed by atoms with van der Waals surface area (Å²) >= 11 is -0.220. The topological polar surface area (TPSA) is 64.0 Å². The molecule has 1 N–H and O–H groups in total. The van der Waals surface area contributed by atoms with Gasteiger partial charge in [-0.3, -0.25) is 3.07 Å². The summed E-state index contributed by atoms with van der Waals surface area (Å²) in [5.74, 6) is 0. The molecule has 0 saturated carbocycles. The number of rotatable bonds is 1. The van der Waals surface area contributed by atoms with Gasteiger partial charge < -0.3 is 4.89 Å². The lowest BCUT2D eigenvalue weighted by Gasteiger charge is -1.76. The average molecular weight is 462 g/mol. The van der Waals surface area contributed by atoms with Crippen LogP contribution < -0.4 is 4.89 Å². The van der Waals surface area contributed by atoms with E-state index in [2.05, 4.69) is 0 Å². The highest BCUT2D eigenvalue weighted by Crippen LogP contribution is 2.28. The molecule has 9 heavy (non-hydrogen) atoms. The van der Waals surface area contributed by atoms with Crippen molar-refractivity contribution in [3.8, 4) is 0 Å². The Balaban J connectivity index is -0.00000000581. The first-order chi connectivity index (χ1) is 15.5. The zero-order valence-corrected chi connectivity index (χ0v) is 8.95. The molecule has 0 aromatic carbocycles. The van der Waals surface area contributed by atoms with Gasteiger partial charge in [0.05, 0.1) is 6.94 Å². The Labute approximate surface area is 126 Å².